The molecule has 0 spiro atoms. The van der Waals surface area contributed by atoms with Gasteiger partial charge < -0.3 is 14.8 Å². The summed E-state index contributed by atoms with van der Waals surface area (Å²) in [6.07, 6.45) is -0.351. The van der Waals surface area contributed by atoms with Crippen LogP contribution in [0.3, 0.4) is 0 Å². The fourth-order valence-corrected chi connectivity index (χ4v) is 4.31. The van der Waals surface area contributed by atoms with Crippen molar-refractivity contribution in [2.24, 2.45) is 0 Å². The molecule has 1 aromatic rings. The number of hydrogen-bond donors (Lipinski definition) is 2. The second-order valence-electron chi connectivity index (χ2n) is 4.68. The van der Waals surface area contributed by atoms with E-state index < -0.39 is 29.2 Å². The first-order valence-corrected chi connectivity index (χ1v) is 7.56. The molecule has 1 aliphatic rings. The Morgan fingerprint density at radius 3 is 2.68 bits per heavy atom. The summed E-state index contributed by atoms with van der Waals surface area (Å²) in [6.45, 7) is 1.70. The van der Waals surface area contributed by atoms with E-state index in [0.29, 0.717) is 10.5 Å². The Morgan fingerprint density at radius 2 is 2.11 bits per heavy atom. The molecule has 1 unspecified atom stereocenters. The van der Waals surface area contributed by atoms with Gasteiger partial charge in [0.25, 0.3) is 0 Å². The maximum Gasteiger partial charge on any atom is 0.306 e. The Morgan fingerprint density at radius 1 is 1.53 bits per heavy atom. The van der Waals surface area contributed by atoms with Crippen LogP contribution in [0.1, 0.15) is 25.3 Å². The number of aliphatic carboxylic acids is 1. The maximum absolute atomic E-state index is 12.2. The molecule has 7 heteroatoms. The zero-order valence-electron chi connectivity index (χ0n) is 10.0. The van der Waals surface area contributed by atoms with Crippen molar-refractivity contribution in [3.63, 3.8) is 0 Å². The summed E-state index contributed by atoms with van der Waals surface area (Å²) in [5, 5.41) is 19.6. The van der Waals surface area contributed by atoms with Gasteiger partial charge in [0.2, 0.25) is 0 Å². The van der Waals surface area contributed by atoms with Crippen LogP contribution in [-0.4, -0.2) is 26.0 Å². The number of halogens is 2. The first-order chi connectivity index (χ1) is 8.74. The minimum atomic E-state index is -1.57. The van der Waals surface area contributed by atoms with Crippen LogP contribution in [0.15, 0.2) is 17.0 Å². The quantitative estimate of drug-likeness (QED) is 0.820. The molecule has 1 aliphatic heterocycles. The number of carbonyl (C=O) groups is 1. The zero-order chi connectivity index (χ0) is 14.4. The molecule has 19 heavy (non-hydrogen) atoms. The highest BCUT2D eigenvalue weighted by Crippen LogP contribution is 2.45. The van der Waals surface area contributed by atoms with E-state index in [1.54, 1.807) is 6.92 Å². The van der Waals surface area contributed by atoms with Crippen LogP contribution in [0.25, 0.3) is 0 Å². The average molecular weight is 323 g/mol. The number of rotatable bonds is 2. The molecule has 0 saturated carbocycles. The lowest BCUT2D eigenvalue weighted by molar-refractivity contribution is -0.143. The number of carboxylic acid groups (broad SMARTS) is 1. The highest BCUT2D eigenvalue weighted by Gasteiger charge is 2.46. The van der Waals surface area contributed by atoms with Gasteiger partial charge in [-0.2, -0.15) is 0 Å². The lowest BCUT2D eigenvalue weighted by Gasteiger charge is -2.37. The molecule has 2 N–H and O–H groups in total. The highest BCUT2D eigenvalue weighted by molar-refractivity contribution is 7.92. The Bertz CT molecular complexity index is 537. The first-order valence-electron chi connectivity index (χ1n) is 5.59. The van der Waals surface area contributed by atoms with Crippen LogP contribution in [0.2, 0.25) is 10.0 Å². The predicted octanol–water partition coefficient (Wildman–Crippen LogP) is 2.56. The summed E-state index contributed by atoms with van der Waals surface area (Å²) >= 11 is 10.5. The molecule has 1 heterocycles. The first kappa shape index (κ1) is 14.9. The number of fused-ring (bicyclic) bond motifs is 1. The lowest BCUT2D eigenvalue weighted by atomic mass is 9.85. The van der Waals surface area contributed by atoms with Gasteiger partial charge >= 0.3 is 5.97 Å². The minimum absolute atomic E-state index is 0.108. The Hall–Kier alpha value is -0.460. The largest absolute Gasteiger partial charge is 0.611 e. The monoisotopic (exact) mass is 322 g/mol. The summed E-state index contributed by atoms with van der Waals surface area (Å²) in [6, 6.07) is 2.85. The van der Waals surface area contributed by atoms with Crippen molar-refractivity contribution in [3.8, 4) is 0 Å². The van der Waals surface area contributed by atoms with Crippen LogP contribution >= 0.6 is 23.2 Å². The van der Waals surface area contributed by atoms with Crippen LogP contribution < -0.4 is 0 Å². The van der Waals surface area contributed by atoms with Crippen molar-refractivity contribution >= 4 is 40.3 Å². The molecule has 0 amide bonds. The van der Waals surface area contributed by atoms with E-state index in [-0.39, 0.29) is 21.7 Å². The van der Waals surface area contributed by atoms with Crippen molar-refractivity contribution in [1.29, 1.82) is 0 Å². The number of aliphatic hydroxyl groups is 1. The van der Waals surface area contributed by atoms with E-state index in [1.807, 2.05) is 0 Å². The summed E-state index contributed by atoms with van der Waals surface area (Å²) < 4.78 is 12.2. The lowest BCUT2D eigenvalue weighted by Crippen LogP contribution is -2.41. The fraction of sp³-hybridized carbons (Fsp3) is 0.417. The molecule has 0 bridgehead atoms. The van der Waals surface area contributed by atoms with Crippen molar-refractivity contribution in [2.75, 3.05) is 0 Å². The smallest absolute Gasteiger partial charge is 0.306 e. The molecular weight excluding hydrogens is 311 g/mol. The van der Waals surface area contributed by atoms with E-state index >= 15 is 0 Å². The van der Waals surface area contributed by atoms with E-state index in [4.69, 9.17) is 28.3 Å². The van der Waals surface area contributed by atoms with E-state index in [9.17, 15) is 14.5 Å². The van der Waals surface area contributed by atoms with Gasteiger partial charge in [-0.15, -0.1) is 0 Å². The number of benzene rings is 1. The van der Waals surface area contributed by atoms with Crippen molar-refractivity contribution < 1.29 is 19.6 Å². The molecule has 2 rings (SSSR count). The van der Waals surface area contributed by atoms with Gasteiger partial charge in [0.1, 0.15) is 10.9 Å². The van der Waals surface area contributed by atoms with E-state index in [1.165, 1.54) is 12.1 Å². The summed E-state index contributed by atoms with van der Waals surface area (Å²) in [5.74, 6) is -1.13. The van der Waals surface area contributed by atoms with Gasteiger partial charge in [0.15, 0.2) is 4.90 Å². The number of carboxylic acids is 1. The minimum Gasteiger partial charge on any atom is -0.611 e. The van der Waals surface area contributed by atoms with Crippen molar-refractivity contribution in [2.45, 2.75) is 35.5 Å². The molecule has 1 aromatic carbocycles. The molecule has 0 saturated heterocycles. The standard InChI is InChI=1S/C12H12Cl2O4S/c1-6-4-12(17,5-11(15)16)7-2-8(13)9(14)3-10(7)19(6)18/h2-3,6,17H,4-5H2,1H3,(H,15,16)/t6-,12-,19?/m1/s1. The summed E-state index contributed by atoms with van der Waals surface area (Å²) in [5.41, 5.74) is -1.27. The normalized spacial score (nSPS) is 29.9. The molecule has 104 valence electrons. The van der Waals surface area contributed by atoms with E-state index in [0.717, 1.165) is 0 Å². The van der Waals surface area contributed by atoms with Gasteiger partial charge in [-0.1, -0.05) is 23.2 Å². The van der Waals surface area contributed by atoms with Crippen LogP contribution in [0.5, 0.6) is 0 Å². The second kappa shape index (κ2) is 5.14. The molecule has 0 fully saturated rings. The van der Waals surface area contributed by atoms with Gasteiger partial charge in [-0.25, -0.2) is 0 Å². The SMILES string of the molecule is C[C@@H]1C[C@@](O)(CC(=O)O)c2cc(Cl)c(Cl)cc2[S+]1[O-]. The maximum atomic E-state index is 12.2. The van der Waals surface area contributed by atoms with E-state index in [2.05, 4.69) is 0 Å². The molecular formula is C12H12Cl2O4S. The third-order valence-corrected chi connectivity index (χ3v) is 5.57. The second-order valence-corrected chi connectivity index (χ2v) is 7.33. The third-order valence-electron chi connectivity index (χ3n) is 3.17. The van der Waals surface area contributed by atoms with Crippen molar-refractivity contribution in [3.05, 3.63) is 27.7 Å². The molecule has 0 radical (unpaired) electrons. The predicted molar refractivity (Wildman–Crippen MR) is 73.1 cm³/mol. The van der Waals surface area contributed by atoms with Gasteiger partial charge in [0.05, 0.1) is 16.5 Å². The third kappa shape index (κ3) is 2.71. The molecule has 3 atom stereocenters. The molecule has 4 nitrogen and oxygen atoms in total. The van der Waals surface area contributed by atoms with Gasteiger partial charge in [0, 0.05) is 18.1 Å². The van der Waals surface area contributed by atoms with Crippen LogP contribution in [-0.2, 0) is 21.6 Å². The Balaban J connectivity index is 2.60. The average Bonchev–Trinajstić information content (AvgIpc) is 2.28. The van der Waals surface area contributed by atoms with Crippen molar-refractivity contribution in [1.82, 2.24) is 0 Å². The van der Waals surface area contributed by atoms with Gasteiger partial charge in [-0.05, 0) is 24.2 Å². The summed E-state index contributed by atoms with van der Waals surface area (Å²) in [7, 11) is 0. The Labute approximate surface area is 123 Å². The topological polar surface area (TPSA) is 80.6 Å². The molecule has 0 aromatic heterocycles. The van der Waals surface area contributed by atoms with Gasteiger partial charge in [-0.3, -0.25) is 4.79 Å². The number of hydrogen-bond acceptors (Lipinski definition) is 3. The zero-order valence-corrected chi connectivity index (χ0v) is 12.3. The highest BCUT2D eigenvalue weighted by atomic mass is 35.5. The fourth-order valence-electron chi connectivity index (χ4n) is 2.35. The Kier molecular flexibility index (Phi) is 4.05. The molecule has 0 aliphatic carbocycles. The van der Waals surface area contributed by atoms with Crippen LogP contribution in [0.4, 0.5) is 0 Å². The summed E-state index contributed by atoms with van der Waals surface area (Å²) in [4.78, 5) is 11.3. The van der Waals surface area contributed by atoms with Crippen LogP contribution in [0, 0.1) is 0 Å².